The van der Waals surface area contributed by atoms with Gasteiger partial charge in [-0.15, -0.1) is 0 Å². The molecule has 0 saturated carbocycles. The molecule has 1 aliphatic rings. The molecule has 1 saturated heterocycles. The Morgan fingerprint density at radius 1 is 1.47 bits per heavy atom. The Hall–Kier alpha value is -1.16. The largest absolute Gasteiger partial charge is 0.356 e. The van der Waals surface area contributed by atoms with Crippen LogP contribution in [-0.4, -0.2) is 36.6 Å². The van der Waals surface area contributed by atoms with Crippen LogP contribution >= 0.6 is 0 Å². The first-order valence-corrected chi connectivity index (χ1v) is 6.47. The Morgan fingerprint density at radius 3 is 3.00 bits per heavy atom. The first-order valence-electron chi connectivity index (χ1n) is 6.47. The zero-order chi connectivity index (χ0) is 12.3. The number of anilines is 1. The van der Waals surface area contributed by atoms with Crippen molar-refractivity contribution in [2.75, 3.05) is 31.6 Å². The zero-order valence-corrected chi connectivity index (χ0v) is 11.0. The molecule has 0 bridgehead atoms. The summed E-state index contributed by atoms with van der Waals surface area (Å²) in [5.41, 5.74) is 1.14. The van der Waals surface area contributed by atoms with Crippen molar-refractivity contribution in [1.29, 1.82) is 0 Å². The molecule has 1 atom stereocenters. The highest BCUT2D eigenvalue weighted by Crippen LogP contribution is 2.22. The van der Waals surface area contributed by atoms with Gasteiger partial charge in [-0.25, -0.2) is 9.97 Å². The molecule has 1 aromatic heterocycles. The minimum atomic E-state index is 0.750. The van der Waals surface area contributed by atoms with Gasteiger partial charge in [-0.2, -0.15) is 0 Å². The molecule has 94 valence electrons. The van der Waals surface area contributed by atoms with Gasteiger partial charge in [-0.1, -0.05) is 6.92 Å². The molecule has 1 fully saturated rings. The van der Waals surface area contributed by atoms with Crippen molar-refractivity contribution in [2.24, 2.45) is 5.92 Å². The average molecular weight is 234 g/mol. The topological polar surface area (TPSA) is 41.0 Å². The van der Waals surface area contributed by atoms with E-state index >= 15 is 0 Å². The lowest BCUT2D eigenvalue weighted by atomic mass is 10.1. The van der Waals surface area contributed by atoms with Crippen molar-refractivity contribution < 1.29 is 0 Å². The second-order valence-electron chi connectivity index (χ2n) is 4.78. The third-order valence-electron chi connectivity index (χ3n) is 3.34. The molecule has 17 heavy (non-hydrogen) atoms. The van der Waals surface area contributed by atoms with Crippen molar-refractivity contribution in [3.8, 4) is 0 Å². The number of hydrogen-bond donors (Lipinski definition) is 1. The molecule has 1 N–H and O–H groups in total. The van der Waals surface area contributed by atoms with E-state index in [0.717, 1.165) is 49.3 Å². The molecule has 0 radical (unpaired) electrons. The summed E-state index contributed by atoms with van der Waals surface area (Å²) in [6.45, 7) is 7.44. The van der Waals surface area contributed by atoms with Crippen molar-refractivity contribution in [2.45, 2.75) is 26.7 Å². The van der Waals surface area contributed by atoms with Crippen LogP contribution in [0.4, 0.5) is 5.82 Å². The van der Waals surface area contributed by atoms with Gasteiger partial charge in [0.2, 0.25) is 0 Å². The van der Waals surface area contributed by atoms with E-state index in [9.17, 15) is 0 Å². The minimum absolute atomic E-state index is 0.750. The Morgan fingerprint density at radius 2 is 2.29 bits per heavy atom. The molecule has 0 aliphatic carbocycles. The molecule has 4 nitrogen and oxygen atoms in total. The second-order valence-corrected chi connectivity index (χ2v) is 4.78. The highest BCUT2D eigenvalue weighted by Gasteiger charge is 2.23. The summed E-state index contributed by atoms with van der Waals surface area (Å²) >= 11 is 0. The molecule has 0 aromatic carbocycles. The van der Waals surface area contributed by atoms with E-state index in [1.165, 1.54) is 6.42 Å². The number of aryl methyl sites for hydroxylation is 2. The normalized spacial score (nSPS) is 19.9. The van der Waals surface area contributed by atoms with E-state index in [0.29, 0.717) is 0 Å². The summed E-state index contributed by atoms with van der Waals surface area (Å²) in [5.74, 6) is 2.74. The van der Waals surface area contributed by atoms with Gasteiger partial charge in [-0.05, 0) is 39.3 Å². The summed E-state index contributed by atoms with van der Waals surface area (Å²) < 4.78 is 0. The SMILES string of the molecule is CCc1cc(N2CCC(CNC)C2)nc(C)n1. The smallest absolute Gasteiger partial charge is 0.132 e. The number of hydrogen-bond acceptors (Lipinski definition) is 4. The van der Waals surface area contributed by atoms with Crippen LogP contribution in [0.5, 0.6) is 0 Å². The van der Waals surface area contributed by atoms with Gasteiger partial charge in [-0.3, -0.25) is 0 Å². The molecule has 0 amide bonds. The maximum absolute atomic E-state index is 4.55. The Labute approximate surface area is 103 Å². The molecule has 0 spiro atoms. The quantitative estimate of drug-likeness (QED) is 0.855. The van der Waals surface area contributed by atoms with Crippen LogP contribution in [-0.2, 0) is 6.42 Å². The van der Waals surface area contributed by atoms with Gasteiger partial charge < -0.3 is 10.2 Å². The molecular weight excluding hydrogens is 212 g/mol. The fraction of sp³-hybridized carbons (Fsp3) is 0.692. The summed E-state index contributed by atoms with van der Waals surface area (Å²) in [4.78, 5) is 11.4. The lowest BCUT2D eigenvalue weighted by Crippen LogP contribution is -2.25. The van der Waals surface area contributed by atoms with Crippen LogP contribution in [0, 0.1) is 12.8 Å². The average Bonchev–Trinajstić information content (AvgIpc) is 2.77. The van der Waals surface area contributed by atoms with E-state index < -0.39 is 0 Å². The number of rotatable bonds is 4. The van der Waals surface area contributed by atoms with E-state index in [1.807, 2.05) is 14.0 Å². The predicted molar refractivity (Wildman–Crippen MR) is 70.4 cm³/mol. The third kappa shape index (κ3) is 2.94. The van der Waals surface area contributed by atoms with E-state index in [1.54, 1.807) is 0 Å². The number of aromatic nitrogens is 2. The van der Waals surface area contributed by atoms with Crippen LogP contribution in [0.1, 0.15) is 24.9 Å². The van der Waals surface area contributed by atoms with Gasteiger partial charge in [0.15, 0.2) is 0 Å². The summed E-state index contributed by atoms with van der Waals surface area (Å²) in [6, 6.07) is 2.13. The second kappa shape index (κ2) is 5.45. The van der Waals surface area contributed by atoms with E-state index in [4.69, 9.17) is 0 Å². The molecule has 2 heterocycles. The highest BCUT2D eigenvalue weighted by atomic mass is 15.2. The molecule has 4 heteroatoms. The maximum Gasteiger partial charge on any atom is 0.132 e. The molecule has 1 aromatic rings. The monoisotopic (exact) mass is 234 g/mol. The van der Waals surface area contributed by atoms with Gasteiger partial charge >= 0.3 is 0 Å². The number of nitrogens with zero attached hydrogens (tertiary/aromatic N) is 3. The molecular formula is C13H22N4. The lowest BCUT2D eigenvalue weighted by Gasteiger charge is -2.18. The van der Waals surface area contributed by atoms with Crippen molar-refractivity contribution >= 4 is 5.82 Å². The van der Waals surface area contributed by atoms with Crippen molar-refractivity contribution in [3.05, 3.63) is 17.6 Å². The maximum atomic E-state index is 4.55. The van der Waals surface area contributed by atoms with Crippen molar-refractivity contribution in [3.63, 3.8) is 0 Å². The van der Waals surface area contributed by atoms with Gasteiger partial charge in [0.25, 0.3) is 0 Å². The first-order chi connectivity index (χ1) is 8.22. The van der Waals surface area contributed by atoms with Crippen LogP contribution in [0.3, 0.4) is 0 Å². The van der Waals surface area contributed by atoms with Gasteiger partial charge in [0, 0.05) is 24.8 Å². The first kappa shape index (κ1) is 12.3. The van der Waals surface area contributed by atoms with E-state index in [-0.39, 0.29) is 0 Å². The van der Waals surface area contributed by atoms with Crippen LogP contribution in [0.25, 0.3) is 0 Å². The molecule has 2 rings (SSSR count). The summed E-state index contributed by atoms with van der Waals surface area (Å²) in [7, 11) is 2.02. The van der Waals surface area contributed by atoms with E-state index in [2.05, 4.69) is 33.2 Å². The Balaban J connectivity index is 2.10. The standard InChI is InChI=1S/C13H22N4/c1-4-12-7-13(16-10(2)15-12)17-6-5-11(9-17)8-14-3/h7,11,14H,4-6,8-9H2,1-3H3. The fourth-order valence-electron chi connectivity index (χ4n) is 2.45. The van der Waals surface area contributed by atoms with Crippen LogP contribution in [0.15, 0.2) is 6.07 Å². The predicted octanol–water partition coefficient (Wildman–Crippen LogP) is 1.39. The minimum Gasteiger partial charge on any atom is -0.356 e. The summed E-state index contributed by atoms with van der Waals surface area (Å²) in [5, 5.41) is 3.26. The molecule has 1 aliphatic heterocycles. The van der Waals surface area contributed by atoms with Crippen LogP contribution < -0.4 is 10.2 Å². The lowest BCUT2D eigenvalue weighted by molar-refractivity contribution is 0.549. The Bertz CT molecular complexity index is 378. The van der Waals surface area contributed by atoms with Gasteiger partial charge in [0.1, 0.15) is 11.6 Å². The fourth-order valence-corrected chi connectivity index (χ4v) is 2.45. The summed E-state index contributed by atoms with van der Waals surface area (Å²) in [6.07, 6.45) is 2.23. The Kier molecular flexibility index (Phi) is 3.94. The third-order valence-corrected chi connectivity index (χ3v) is 3.34. The van der Waals surface area contributed by atoms with Gasteiger partial charge in [0.05, 0.1) is 0 Å². The molecule has 1 unspecified atom stereocenters. The highest BCUT2D eigenvalue weighted by molar-refractivity contribution is 5.41. The zero-order valence-electron chi connectivity index (χ0n) is 11.0. The van der Waals surface area contributed by atoms with Crippen LogP contribution in [0.2, 0.25) is 0 Å². The van der Waals surface area contributed by atoms with Crippen molar-refractivity contribution in [1.82, 2.24) is 15.3 Å². The number of nitrogens with one attached hydrogen (secondary N) is 1.